The van der Waals surface area contributed by atoms with Crippen LogP contribution in [0.1, 0.15) is 44.6 Å². The highest BCUT2D eigenvalue weighted by Crippen LogP contribution is 2.40. The maximum atomic E-state index is 9.45. The van der Waals surface area contributed by atoms with E-state index in [0.717, 1.165) is 17.6 Å². The molecule has 0 spiro atoms. The number of benzene rings is 1. The van der Waals surface area contributed by atoms with Gasteiger partial charge in [0.15, 0.2) is 0 Å². The molecule has 1 aromatic carbocycles. The van der Waals surface area contributed by atoms with Gasteiger partial charge in [0.2, 0.25) is 0 Å². The molecule has 2 rings (SSSR count). The van der Waals surface area contributed by atoms with E-state index < -0.39 is 0 Å². The fourth-order valence-corrected chi connectivity index (χ4v) is 3.34. The van der Waals surface area contributed by atoms with Crippen LogP contribution < -0.4 is 5.32 Å². The summed E-state index contributed by atoms with van der Waals surface area (Å²) in [5.74, 6) is 0.305. The van der Waals surface area contributed by atoms with Crippen LogP contribution in [0.5, 0.6) is 5.75 Å². The molecule has 0 unspecified atom stereocenters. The van der Waals surface area contributed by atoms with Crippen LogP contribution in [-0.4, -0.2) is 11.7 Å². The van der Waals surface area contributed by atoms with Crippen LogP contribution in [0, 0.1) is 5.41 Å². The van der Waals surface area contributed by atoms with Gasteiger partial charge in [-0.1, -0.05) is 25.8 Å². The summed E-state index contributed by atoms with van der Waals surface area (Å²) < 4.78 is 0.771. The van der Waals surface area contributed by atoms with E-state index in [9.17, 15) is 5.11 Å². The van der Waals surface area contributed by atoms with Crippen molar-refractivity contribution in [3.05, 3.63) is 28.2 Å². The van der Waals surface area contributed by atoms with Crippen molar-refractivity contribution in [3.8, 4) is 5.75 Å². The van der Waals surface area contributed by atoms with Crippen molar-refractivity contribution in [3.63, 3.8) is 0 Å². The third-order valence-electron chi connectivity index (χ3n) is 4.26. The van der Waals surface area contributed by atoms with Crippen molar-refractivity contribution in [2.45, 2.75) is 45.6 Å². The maximum Gasteiger partial charge on any atom is 0.129 e. The molecule has 0 radical (unpaired) electrons. The lowest BCUT2D eigenvalue weighted by Crippen LogP contribution is -2.31. The second-order valence-corrected chi connectivity index (χ2v) is 6.30. The zero-order valence-corrected chi connectivity index (χ0v) is 12.6. The molecule has 0 amide bonds. The Labute approximate surface area is 118 Å². The first-order chi connectivity index (χ1) is 8.65. The molecule has 1 aromatic rings. The Morgan fingerprint density at radius 3 is 2.67 bits per heavy atom. The van der Waals surface area contributed by atoms with Crippen molar-refractivity contribution < 1.29 is 5.11 Å². The number of hydrogen-bond acceptors (Lipinski definition) is 2. The van der Waals surface area contributed by atoms with Crippen molar-refractivity contribution in [1.82, 2.24) is 5.32 Å². The van der Waals surface area contributed by atoms with Crippen molar-refractivity contribution in [2.24, 2.45) is 5.41 Å². The minimum Gasteiger partial charge on any atom is -0.507 e. The quantitative estimate of drug-likeness (QED) is 0.853. The predicted molar refractivity (Wildman–Crippen MR) is 78.7 cm³/mol. The Balaban J connectivity index is 1.86. The molecular weight excluding hydrogens is 290 g/mol. The van der Waals surface area contributed by atoms with E-state index in [1.54, 1.807) is 6.07 Å². The Bertz CT molecular complexity index is 399. The first-order valence-electron chi connectivity index (χ1n) is 6.83. The highest BCUT2D eigenvalue weighted by molar-refractivity contribution is 9.10. The summed E-state index contributed by atoms with van der Waals surface area (Å²) in [6.07, 6.45) is 6.80. The van der Waals surface area contributed by atoms with Gasteiger partial charge in [0, 0.05) is 13.1 Å². The molecule has 0 aromatic heterocycles. The van der Waals surface area contributed by atoms with E-state index >= 15 is 0 Å². The van der Waals surface area contributed by atoms with Crippen LogP contribution in [0.15, 0.2) is 22.7 Å². The fraction of sp³-hybridized carbons (Fsp3) is 0.600. The first-order valence-corrected chi connectivity index (χ1v) is 7.63. The van der Waals surface area contributed by atoms with Crippen LogP contribution in [0.4, 0.5) is 0 Å². The molecule has 0 atom stereocenters. The van der Waals surface area contributed by atoms with Gasteiger partial charge >= 0.3 is 0 Å². The van der Waals surface area contributed by atoms with Crippen LogP contribution in [0.2, 0.25) is 0 Å². The highest BCUT2D eigenvalue weighted by Gasteiger charge is 2.31. The average Bonchev–Trinajstić information content (AvgIpc) is 2.83. The molecule has 0 heterocycles. The molecule has 2 nitrogen and oxygen atoms in total. The molecule has 18 heavy (non-hydrogen) atoms. The third-order valence-corrected chi connectivity index (χ3v) is 4.89. The van der Waals surface area contributed by atoms with Gasteiger partial charge in [-0.3, -0.25) is 0 Å². The number of rotatable bonds is 5. The summed E-state index contributed by atoms with van der Waals surface area (Å²) in [6, 6.07) is 5.70. The van der Waals surface area contributed by atoms with Gasteiger partial charge in [0.25, 0.3) is 0 Å². The Kier molecular flexibility index (Phi) is 4.68. The van der Waals surface area contributed by atoms with E-state index in [-0.39, 0.29) is 0 Å². The van der Waals surface area contributed by atoms with E-state index in [1.807, 2.05) is 12.1 Å². The lowest BCUT2D eigenvalue weighted by atomic mass is 9.83. The van der Waals surface area contributed by atoms with Gasteiger partial charge in [-0.2, -0.15) is 0 Å². The molecule has 1 fully saturated rings. The Hall–Kier alpha value is -0.540. The predicted octanol–water partition coefficient (Wildman–Crippen LogP) is 4.21. The lowest BCUT2D eigenvalue weighted by molar-refractivity contribution is 0.268. The standard InChI is InChI=1S/C15H22BrNO/c1-2-15(7-3-4-8-15)11-17-10-12-5-6-14(18)13(16)9-12/h5-6,9,17-18H,2-4,7-8,10-11H2,1H3. The van der Waals surface area contributed by atoms with E-state index in [1.165, 1.54) is 37.7 Å². The van der Waals surface area contributed by atoms with E-state index in [2.05, 4.69) is 28.2 Å². The zero-order chi connectivity index (χ0) is 13.0. The number of halogens is 1. The Morgan fingerprint density at radius 2 is 2.06 bits per heavy atom. The molecule has 3 heteroatoms. The molecule has 1 saturated carbocycles. The van der Waals surface area contributed by atoms with Gasteiger partial charge in [-0.25, -0.2) is 0 Å². The molecule has 2 N–H and O–H groups in total. The summed E-state index contributed by atoms with van der Waals surface area (Å²) >= 11 is 3.35. The molecule has 0 aliphatic heterocycles. The summed E-state index contributed by atoms with van der Waals surface area (Å²) in [5, 5.41) is 13.0. The number of nitrogens with one attached hydrogen (secondary N) is 1. The van der Waals surface area contributed by atoms with Crippen molar-refractivity contribution in [1.29, 1.82) is 0 Å². The van der Waals surface area contributed by atoms with Gasteiger partial charge in [0.05, 0.1) is 4.47 Å². The third kappa shape index (κ3) is 3.27. The number of hydrogen-bond donors (Lipinski definition) is 2. The van der Waals surface area contributed by atoms with Crippen LogP contribution in [0.3, 0.4) is 0 Å². The number of phenolic OH excluding ortho intramolecular Hbond substituents is 1. The highest BCUT2D eigenvalue weighted by atomic mass is 79.9. The molecular formula is C15H22BrNO. The second-order valence-electron chi connectivity index (χ2n) is 5.45. The summed E-state index contributed by atoms with van der Waals surface area (Å²) in [7, 11) is 0. The van der Waals surface area contributed by atoms with Crippen LogP contribution >= 0.6 is 15.9 Å². The number of aromatic hydroxyl groups is 1. The van der Waals surface area contributed by atoms with Gasteiger partial charge in [-0.05, 0) is 58.3 Å². The normalized spacial score (nSPS) is 18.1. The molecule has 0 saturated heterocycles. The van der Waals surface area contributed by atoms with Crippen molar-refractivity contribution in [2.75, 3.05) is 6.54 Å². The van der Waals surface area contributed by atoms with Crippen LogP contribution in [-0.2, 0) is 6.54 Å². The minimum absolute atomic E-state index is 0.305. The fourth-order valence-electron chi connectivity index (χ4n) is 2.91. The molecule has 1 aliphatic carbocycles. The van der Waals surface area contributed by atoms with E-state index in [4.69, 9.17) is 0 Å². The largest absolute Gasteiger partial charge is 0.507 e. The van der Waals surface area contributed by atoms with Gasteiger partial charge in [-0.15, -0.1) is 0 Å². The maximum absolute atomic E-state index is 9.45. The van der Waals surface area contributed by atoms with Gasteiger partial charge < -0.3 is 10.4 Å². The second kappa shape index (κ2) is 6.07. The zero-order valence-electron chi connectivity index (χ0n) is 11.0. The summed E-state index contributed by atoms with van der Waals surface area (Å²) in [6.45, 7) is 4.30. The van der Waals surface area contributed by atoms with Crippen LogP contribution in [0.25, 0.3) is 0 Å². The monoisotopic (exact) mass is 311 g/mol. The minimum atomic E-state index is 0.305. The topological polar surface area (TPSA) is 32.3 Å². The molecule has 0 bridgehead atoms. The molecule has 1 aliphatic rings. The van der Waals surface area contributed by atoms with Gasteiger partial charge in [0.1, 0.15) is 5.75 Å². The Morgan fingerprint density at radius 1 is 1.33 bits per heavy atom. The van der Waals surface area contributed by atoms with Crippen molar-refractivity contribution >= 4 is 15.9 Å². The molecule has 100 valence electrons. The summed E-state index contributed by atoms with van der Waals surface area (Å²) in [5.41, 5.74) is 1.75. The smallest absolute Gasteiger partial charge is 0.129 e. The van der Waals surface area contributed by atoms with E-state index in [0.29, 0.717) is 11.2 Å². The number of phenols is 1. The first kappa shape index (κ1) is 13.9. The average molecular weight is 312 g/mol. The summed E-state index contributed by atoms with van der Waals surface area (Å²) in [4.78, 5) is 0. The SMILES string of the molecule is CCC1(CNCc2ccc(O)c(Br)c2)CCCC1. The lowest BCUT2D eigenvalue weighted by Gasteiger charge is -2.27.